The molecule has 0 heterocycles. The fraction of sp³-hybridized carbons (Fsp3) is 0.222. The number of nitrogens with one attached hydrogen (secondary N) is 3. The Kier molecular flexibility index (Phi) is 7.17. The molecule has 0 bridgehead atoms. The molecule has 0 unspecified atom stereocenters. The second kappa shape index (κ2) is 9.62. The third-order valence-electron chi connectivity index (χ3n) is 3.30. The van der Waals surface area contributed by atoms with Crippen LogP contribution in [0.2, 0.25) is 0 Å². The first-order chi connectivity index (χ1) is 11.7. The van der Waals surface area contributed by atoms with E-state index in [1.54, 1.807) is 30.9 Å². The summed E-state index contributed by atoms with van der Waals surface area (Å²) in [6.07, 6.45) is 0. The number of urea groups is 1. The Labute approximate surface area is 146 Å². The number of hydrogen-bond donors (Lipinski definition) is 3. The van der Waals surface area contributed by atoms with Crippen molar-refractivity contribution in [1.29, 1.82) is 0 Å². The molecule has 24 heavy (non-hydrogen) atoms. The minimum atomic E-state index is -0.195. The highest BCUT2D eigenvalue weighted by Gasteiger charge is 2.03. The molecule has 2 rings (SSSR count). The number of benzene rings is 2. The Morgan fingerprint density at radius 3 is 2.33 bits per heavy atom. The lowest BCUT2D eigenvalue weighted by Gasteiger charge is -2.08. The predicted molar refractivity (Wildman–Crippen MR) is 97.2 cm³/mol. The third-order valence-corrected chi connectivity index (χ3v) is 4.31. The highest BCUT2D eigenvalue weighted by Crippen LogP contribution is 2.15. The van der Waals surface area contributed by atoms with Crippen LogP contribution in [0.5, 0.6) is 0 Å². The molecule has 0 aliphatic carbocycles. The van der Waals surface area contributed by atoms with Gasteiger partial charge in [-0.1, -0.05) is 30.3 Å². The Morgan fingerprint density at radius 1 is 0.958 bits per heavy atom. The molecular weight excluding hydrogens is 322 g/mol. The summed E-state index contributed by atoms with van der Waals surface area (Å²) in [6, 6.07) is 17.0. The number of carbonyl (C=O) groups excluding carboxylic acids is 2. The van der Waals surface area contributed by atoms with E-state index >= 15 is 0 Å². The van der Waals surface area contributed by atoms with Gasteiger partial charge < -0.3 is 16.0 Å². The number of amides is 3. The first-order valence-electron chi connectivity index (χ1n) is 7.69. The molecule has 3 N–H and O–H groups in total. The van der Waals surface area contributed by atoms with Crippen LogP contribution in [0.15, 0.2) is 59.5 Å². The molecule has 0 aliphatic rings. The van der Waals surface area contributed by atoms with Crippen molar-refractivity contribution in [3.05, 3.63) is 65.7 Å². The van der Waals surface area contributed by atoms with Crippen molar-refractivity contribution in [2.75, 3.05) is 19.3 Å². The quantitative estimate of drug-likeness (QED) is 0.535. The van der Waals surface area contributed by atoms with E-state index in [1.807, 2.05) is 42.5 Å². The SMILES string of the molecule is CNC(=O)c1ccc(CNC(=O)NCCSc2ccccc2)cc1. The Bertz CT molecular complexity index is 660. The van der Waals surface area contributed by atoms with Gasteiger partial charge >= 0.3 is 6.03 Å². The summed E-state index contributed by atoms with van der Waals surface area (Å²) in [5.74, 6) is 0.696. The van der Waals surface area contributed by atoms with E-state index in [0.717, 1.165) is 11.3 Å². The van der Waals surface area contributed by atoms with Crippen LogP contribution in [0.1, 0.15) is 15.9 Å². The first-order valence-corrected chi connectivity index (χ1v) is 8.68. The zero-order valence-electron chi connectivity index (χ0n) is 13.5. The Morgan fingerprint density at radius 2 is 1.67 bits per heavy atom. The summed E-state index contributed by atoms with van der Waals surface area (Å²) in [7, 11) is 1.60. The van der Waals surface area contributed by atoms with Crippen LogP contribution in [-0.2, 0) is 6.54 Å². The molecule has 2 aromatic rings. The van der Waals surface area contributed by atoms with Gasteiger partial charge in [-0.05, 0) is 29.8 Å². The largest absolute Gasteiger partial charge is 0.355 e. The molecule has 126 valence electrons. The van der Waals surface area contributed by atoms with E-state index in [9.17, 15) is 9.59 Å². The number of hydrogen-bond acceptors (Lipinski definition) is 3. The van der Waals surface area contributed by atoms with Crippen molar-refractivity contribution in [2.24, 2.45) is 0 Å². The molecular formula is C18H21N3O2S. The molecule has 0 radical (unpaired) electrons. The lowest BCUT2D eigenvalue weighted by molar-refractivity contribution is 0.0963. The van der Waals surface area contributed by atoms with E-state index in [1.165, 1.54) is 4.90 Å². The highest BCUT2D eigenvalue weighted by molar-refractivity contribution is 7.99. The van der Waals surface area contributed by atoms with Gasteiger partial charge in [0, 0.05) is 36.3 Å². The van der Waals surface area contributed by atoms with Crippen molar-refractivity contribution in [3.63, 3.8) is 0 Å². The summed E-state index contributed by atoms with van der Waals surface area (Å²) < 4.78 is 0. The predicted octanol–water partition coefficient (Wildman–Crippen LogP) is 2.64. The van der Waals surface area contributed by atoms with E-state index in [-0.39, 0.29) is 11.9 Å². The molecule has 0 aromatic heterocycles. The van der Waals surface area contributed by atoms with E-state index in [4.69, 9.17) is 0 Å². The number of rotatable bonds is 7. The van der Waals surface area contributed by atoms with Gasteiger partial charge in [-0.3, -0.25) is 4.79 Å². The van der Waals surface area contributed by atoms with E-state index < -0.39 is 0 Å². The maximum Gasteiger partial charge on any atom is 0.315 e. The Hall–Kier alpha value is -2.47. The average molecular weight is 343 g/mol. The lowest BCUT2D eigenvalue weighted by Crippen LogP contribution is -2.36. The molecule has 6 heteroatoms. The second-order valence-corrected chi connectivity index (χ2v) is 6.22. The summed E-state index contributed by atoms with van der Waals surface area (Å²) in [4.78, 5) is 24.4. The fourth-order valence-corrected chi connectivity index (χ4v) is 2.80. The Balaban J connectivity index is 1.65. The topological polar surface area (TPSA) is 70.2 Å². The molecule has 0 aliphatic heterocycles. The van der Waals surface area contributed by atoms with Gasteiger partial charge in [-0.2, -0.15) is 0 Å². The van der Waals surface area contributed by atoms with Crippen LogP contribution in [0.4, 0.5) is 4.79 Å². The summed E-state index contributed by atoms with van der Waals surface area (Å²) in [5, 5.41) is 8.20. The van der Waals surface area contributed by atoms with E-state index in [2.05, 4.69) is 16.0 Å². The second-order valence-electron chi connectivity index (χ2n) is 5.05. The highest BCUT2D eigenvalue weighted by atomic mass is 32.2. The van der Waals surface area contributed by atoms with Crippen molar-refractivity contribution < 1.29 is 9.59 Å². The van der Waals surface area contributed by atoms with Crippen molar-refractivity contribution in [1.82, 2.24) is 16.0 Å². The first kappa shape index (κ1) is 17.9. The zero-order chi connectivity index (χ0) is 17.2. The van der Waals surface area contributed by atoms with Crippen LogP contribution in [0.3, 0.4) is 0 Å². The fourth-order valence-electron chi connectivity index (χ4n) is 2.01. The van der Waals surface area contributed by atoms with Gasteiger partial charge in [-0.15, -0.1) is 11.8 Å². The molecule has 0 atom stereocenters. The minimum Gasteiger partial charge on any atom is -0.355 e. The molecule has 3 amide bonds. The molecule has 0 saturated carbocycles. The summed E-state index contributed by atoms with van der Waals surface area (Å²) >= 11 is 1.70. The van der Waals surface area contributed by atoms with Crippen LogP contribution < -0.4 is 16.0 Å². The lowest BCUT2D eigenvalue weighted by atomic mass is 10.1. The van der Waals surface area contributed by atoms with Gasteiger partial charge in [0.15, 0.2) is 0 Å². The number of carbonyl (C=O) groups is 2. The molecule has 0 spiro atoms. The average Bonchev–Trinajstić information content (AvgIpc) is 2.64. The van der Waals surface area contributed by atoms with Crippen molar-refractivity contribution in [3.8, 4) is 0 Å². The van der Waals surface area contributed by atoms with Gasteiger partial charge in [0.05, 0.1) is 0 Å². The summed E-state index contributed by atoms with van der Waals surface area (Å²) in [5.41, 5.74) is 1.54. The molecule has 0 saturated heterocycles. The molecule has 0 fully saturated rings. The van der Waals surface area contributed by atoms with Crippen LogP contribution in [0.25, 0.3) is 0 Å². The maximum atomic E-state index is 11.8. The summed E-state index contributed by atoms with van der Waals surface area (Å²) in [6.45, 7) is 1.02. The van der Waals surface area contributed by atoms with Crippen LogP contribution in [0, 0.1) is 0 Å². The van der Waals surface area contributed by atoms with Crippen LogP contribution in [-0.4, -0.2) is 31.3 Å². The van der Waals surface area contributed by atoms with Crippen molar-refractivity contribution in [2.45, 2.75) is 11.4 Å². The third kappa shape index (κ3) is 5.96. The molecule has 2 aromatic carbocycles. The molecule has 5 nitrogen and oxygen atoms in total. The van der Waals surface area contributed by atoms with Gasteiger partial charge in [0.1, 0.15) is 0 Å². The monoisotopic (exact) mass is 343 g/mol. The number of thioether (sulfide) groups is 1. The van der Waals surface area contributed by atoms with Gasteiger partial charge in [-0.25, -0.2) is 4.79 Å². The normalized spacial score (nSPS) is 10.0. The van der Waals surface area contributed by atoms with Crippen LogP contribution >= 0.6 is 11.8 Å². The smallest absolute Gasteiger partial charge is 0.315 e. The van der Waals surface area contributed by atoms with Gasteiger partial charge in [0.25, 0.3) is 5.91 Å². The van der Waals surface area contributed by atoms with Crippen molar-refractivity contribution >= 4 is 23.7 Å². The standard InChI is InChI=1S/C18H21N3O2S/c1-19-17(22)15-9-7-14(8-10-15)13-21-18(23)20-11-12-24-16-5-3-2-4-6-16/h2-10H,11-13H2,1H3,(H,19,22)(H2,20,21,23). The zero-order valence-corrected chi connectivity index (χ0v) is 14.4. The minimum absolute atomic E-state index is 0.122. The van der Waals surface area contributed by atoms with E-state index in [0.29, 0.717) is 18.7 Å². The van der Waals surface area contributed by atoms with Gasteiger partial charge in [0.2, 0.25) is 0 Å². The maximum absolute atomic E-state index is 11.8.